The highest BCUT2D eigenvalue weighted by Gasteiger charge is 2.04. The fourth-order valence-electron chi connectivity index (χ4n) is 1.44. The van der Waals surface area contributed by atoms with E-state index < -0.39 is 0 Å². The number of hydrogen-bond acceptors (Lipinski definition) is 0. The molecule has 0 atom stereocenters. The van der Waals surface area contributed by atoms with Crippen LogP contribution in [0.15, 0.2) is 37.4 Å². The highest BCUT2D eigenvalue weighted by molar-refractivity contribution is 5.73. The molecule has 1 aromatic carbocycles. The summed E-state index contributed by atoms with van der Waals surface area (Å²) in [4.78, 5) is 0. The van der Waals surface area contributed by atoms with E-state index in [-0.39, 0.29) is 5.82 Å². The second kappa shape index (κ2) is 4.75. The minimum atomic E-state index is -0.220. The maximum atomic E-state index is 13.0. The van der Waals surface area contributed by atoms with E-state index in [1.165, 1.54) is 12.1 Å². The van der Waals surface area contributed by atoms with Crippen molar-refractivity contribution in [1.82, 2.24) is 0 Å². The van der Waals surface area contributed by atoms with Crippen molar-refractivity contribution < 1.29 is 4.39 Å². The van der Waals surface area contributed by atoms with Crippen molar-refractivity contribution in [3.8, 4) is 0 Å². The van der Waals surface area contributed by atoms with Gasteiger partial charge in [-0.2, -0.15) is 0 Å². The summed E-state index contributed by atoms with van der Waals surface area (Å²) in [7, 11) is 0. The molecule has 14 heavy (non-hydrogen) atoms. The molecule has 0 nitrogen and oxygen atoms in total. The fraction of sp³-hybridized carbons (Fsp3) is 0.231. The monoisotopic (exact) mass is 190 g/mol. The molecule has 0 bridgehead atoms. The number of halogens is 1. The Balaban J connectivity index is 3.14. The summed E-state index contributed by atoms with van der Waals surface area (Å²) in [5, 5.41) is 0. The third-order valence-corrected chi connectivity index (χ3v) is 2.18. The van der Waals surface area contributed by atoms with Crippen LogP contribution in [-0.4, -0.2) is 0 Å². The third kappa shape index (κ3) is 2.32. The number of benzene rings is 1. The lowest BCUT2D eigenvalue weighted by molar-refractivity contribution is 0.626. The predicted molar refractivity (Wildman–Crippen MR) is 59.6 cm³/mol. The van der Waals surface area contributed by atoms with E-state index in [0.717, 1.165) is 29.5 Å². The molecule has 0 N–H and O–H groups in total. The molecule has 0 amide bonds. The second-order valence-corrected chi connectivity index (χ2v) is 3.28. The van der Waals surface area contributed by atoms with Crippen LogP contribution in [0.4, 0.5) is 4.39 Å². The van der Waals surface area contributed by atoms with Gasteiger partial charge in [-0.25, -0.2) is 4.39 Å². The molecule has 0 heterocycles. The van der Waals surface area contributed by atoms with Crippen LogP contribution in [0.25, 0.3) is 5.57 Å². The summed E-state index contributed by atoms with van der Waals surface area (Å²) >= 11 is 0. The SMILES string of the molecule is C=CC(=C)c1cc(F)ccc1CCC. The summed E-state index contributed by atoms with van der Waals surface area (Å²) in [5.41, 5.74) is 2.80. The molecular formula is C13H15F. The van der Waals surface area contributed by atoms with Crippen LogP contribution in [0.5, 0.6) is 0 Å². The van der Waals surface area contributed by atoms with Crippen molar-refractivity contribution in [1.29, 1.82) is 0 Å². The van der Waals surface area contributed by atoms with Crippen molar-refractivity contribution in [2.45, 2.75) is 19.8 Å². The van der Waals surface area contributed by atoms with Crippen LogP contribution >= 0.6 is 0 Å². The Morgan fingerprint density at radius 2 is 2.21 bits per heavy atom. The van der Waals surface area contributed by atoms with E-state index in [9.17, 15) is 4.39 Å². The summed E-state index contributed by atoms with van der Waals surface area (Å²) in [6, 6.07) is 4.84. The van der Waals surface area contributed by atoms with Crippen LogP contribution in [0.1, 0.15) is 24.5 Å². The van der Waals surface area contributed by atoms with Crippen LogP contribution < -0.4 is 0 Å². The Labute approximate surface area is 84.8 Å². The lowest BCUT2D eigenvalue weighted by Gasteiger charge is -2.08. The number of aryl methyl sites for hydroxylation is 1. The maximum Gasteiger partial charge on any atom is 0.123 e. The number of rotatable bonds is 4. The second-order valence-electron chi connectivity index (χ2n) is 3.28. The van der Waals surface area contributed by atoms with E-state index in [1.54, 1.807) is 6.08 Å². The van der Waals surface area contributed by atoms with Gasteiger partial charge in [0, 0.05) is 0 Å². The zero-order valence-corrected chi connectivity index (χ0v) is 8.52. The molecule has 1 rings (SSSR count). The molecule has 1 heteroatoms. The van der Waals surface area contributed by atoms with Crippen molar-refractivity contribution in [3.63, 3.8) is 0 Å². The van der Waals surface area contributed by atoms with Gasteiger partial charge in [0.15, 0.2) is 0 Å². The molecule has 0 aliphatic carbocycles. The smallest absolute Gasteiger partial charge is 0.123 e. The van der Waals surface area contributed by atoms with Gasteiger partial charge in [0.05, 0.1) is 0 Å². The van der Waals surface area contributed by atoms with Gasteiger partial charge in [0.2, 0.25) is 0 Å². The van der Waals surface area contributed by atoms with Crippen molar-refractivity contribution >= 4 is 5.57 Å². The summed E-state index contributed by atoms with van der Waals surface area (Å²) in [6.07, 6.45) is 3.65. The van der Waals surface area contributed by atoms with Gasteiger partial charge in [-0.15, -0.1) is 0 Å². The Morgan fingerprint density at radius 3 is 2.79 bits per heavy atom. The van der Waals surface area contributed by atoms with Crippen molar-refractivity contribution in [2.75, 3.05) is 0 Å². The lowest BCUT2D eigenvalue weighted by atomic mass is 9.97. The third-order valence-electron chi connectivity index (χ3n) is 2.18. The van der Waals surface area contributed by atoms with Gasteiger partial charge in [-0.3, -0.25) is 0 Å². The Bertz CT molecular complexity index is 350. The zero-order valence-electron chi connectivity index (χ0n) is 8.52. The number of hydrogen-bond donors (Lipinski definition) is 0. The predicted octanol–water partition coefficient (Wildman–Crippen LogP) is 3.98. The summed E-state index contributed by atoms with van der Waals surface area (Å²) in [6.45, 7) is 9.59. The molecule has 74 valence electrons. The first-order valence-corrected chi connectivity index (χ1v) is 4.79. The first-order valence-electron chi connectivity index (χ1n) is 4.79. The molecule has 0 saturated heterocycles. The molecule has 0 aromatic heterocycles. The minimum Gasteiger partial charge on any atom is -0.207 e. The molecule has 0 aliphatic heterocycles. The van der Waals surface area contributed by atoms with E-state index in [2.05, 4.69) is 20.1 Å². The van der Waals surface area contributed by atoms with Gasteiger partial charge < -0.3 is 0 Å². The lowest BCUT2D eigenvalue weighted by Crippen LogP contribution is -1.92. The maximum absolute atomic E-state index is 13.0. The molecule has 0 aliphatic rings. The first kappa shape index (κ1) is 10.7. The molecule has 0 fully saturated rings. The fourth-order valence-corrected chi connectivity index (χ4v) is 1.44. The van der Waals surface area contributed by atoms with Gasteiger partial charge in [0.25, 0.3) is 0 Å². The quantitative estimate of drug-likeness (QED) is 0.630. The molecule has 0 unspecified atom stereocenters. The Kier molecular flexibility index (Phi) is 3.63. The highest BCUT2D eigenvalue weighted by Crippen LogP contribution is 2.21. The topological polar surface area (TPSA) is 0 Å². The molecule has 0 radical (unpaired) electrons. The van der Waals surface area contributed by atoms with Crippen LogP contribution in [0, 0.1) is 5.82 Å². The first-order chi connectivity index (χ1) is 6.69. The largest absolute Gasteiger partial charge is 0.207 e. The average molecular weight is 190 g/mol. The van der Waals surface area contributed by atoms with Crippen LogP contribution in [-0.2, 0) is 6.42 Å². The molecule has 1 aromatic rings. The van der Waals surface area contributed by atoms with Gasteiger partial charge in [-0.05, 0) is 35.3 Å². The molecular weight excluding hydrogens is 175 g/mol. The van der Waals surface area contributed by atoms with E-state index >= 15 is 0 Å². The van der Waals surface area contributed by atoms with E-state index in [1.807, 2.05) is 6.07 Å². The minimum absolute atomic E-state index is 0.220. The van der Waals surface area contributed by atoms with E-state index in [0.29, 0.717) is 0 Å². The highest BCUT2D eigenvalue weighted by atomic mass is 19.1. The normalized spacial score (nSPS) is 9.86. The zero-order chi connectivity index (χ0) is 10.6. The summed E-state index contributed by atoms with van der Waals surface area (Å²) < 4.78 is 13.0. The van der Waals surface area contributed by atoms with Crippen LogP contribution in [0.2, 0.25) is 0 Å². The molecule has 0 spiro atoms. The van der Waals surface area contributed by atoms with Crippen molar-refractivity contribution in [2.24, 2.45) is 0 Å². The summed E-state index contributed by atoms with van der Waals surface area (Å²) in [5.74, 6) is -0.220. The van der Waals surface area contributed by atoms with Crippen molar-refractivity contribution in [3.05, 3.63) is 54.4 Å². The average Bonchev–Trinajstić information content (AvgIpc) is 2.20. The van der Waals surface area contributed by atoms with E-state index in [4.69, 9.17) is 0 Å². The molecule has 0 saturated carbocycles. The Morgan fingerprint density at radius 1 is 1.50 bits per heavy atom. The van der Waals surface area contributed by atoms with Gasteiger partial charge in [0.1, 0.15) is 5.82 Å². The number of allylic oxidation sites excluding steroid dienone is 2. The van der Waals surface area contributed by atoms with Gasteiger partial charge in [-0.1, -0.05) is 38.6 Å². The van der Waals surface area contributed by atoms with Gasteiger partial charge >= 0.3 is 0 Å². The van der Waals surface area contributed by atoms with Crippen LogP contribution in [0.3, 0.4) is 0 Å². The standard InChI is InChI=1S/C13H15F/c1-4-6-11-7-8-12(14)9-13(11)10(3)5-2/h5,7-9H,2-4,6H2,1H3. The Hall–Kier alpha value is -1.37.